The Morgan fingerprint density at radius 1 is 1.27 bits per heavy atom. The van der Waals surface area contributed by atoms with Crippen LogP contribution in [-0.2, 0) is 4.79 Å². The highest BCUT2D eigenvalue weighted by atomic mass is 16.3. The van der Waals surface area contributed by atoms with Gasteiger partial charge in [-0.15, -0.1) is 0 Å². The molecule has 1 saturated heterocycles. The van der Waals surface area contributed by atoms with Gasteiger partial charge in [0, 0.05) is 42.7 Å². The van der Waals surface area contributed by atoms with Crippen LogP contribution >= 0.6 is 0 Å². The lowest BCUT2D eigenvalue weighted by Crippen LogP contribution is -2.37. The van der Waals surface area contributed by atoms with Crippen LogP contribution in [0.5, 0.6) is 0 Å². The van der Waals surface area contributed by atoms with Crippen molar-refractivity contribution in [3.05, 3.63) is 47.8 Å². The number of hydrogen-bond acceptors (Lipinski definition) is 6. The fourth-order valence-electron chi connectivity index (χ4n) is 3.55. The number of rotatable bonds is 2. The zero-order valence-electron chi connectivity index (χ0n) is 17.2. The number of carbonyl (C=O) groups excluding carboxylic acids is 1. The van der Waals surface area contributed by atoms with E-state index in [1.54, 1.807) is 13.2 Å². The number of aromatic nitrogens is 3. The van der Waals surface area contributed by atoms with Gasteiger partial charge in [0.15, 0.2) is 5.82 Å². The number of fused-ring (bicyclic) bond motifs is 1. The van der Waals surface area contributed by atoms with Crippen molar-refractivity contribution in [2.75, 3.05) is 19.3 Å². The van der Waals surface area contributed by atoms with E-state index >= 15 is 0 Å². The Kier molecular flexibility index (Phi) is 4.88. The molecule has 7 heteroatoms. The van der Waals surface area contributed by atoms with Crippen molar-refractivity contribution in [1.82, 2.24) is 19.9 Å². The van der Waals surface area contributed by atoms with Crippen molar-refractivity contribution >= 4 is 22.6 Å². The maximum atomic E-state index is 12.1. The third kappa shape index (κ3) is 3.46. The number of nitrogen functional groups attached to an aromatic ring is 1. The van der Waals surface area contributed by atoms with Crippen molar-refractivity contribution in [1.29, 1.82) is 0 Å². The quantitative estimate of drug-likeness (QED) is 0.639. The largest absolute Gasteiger partial charge is 0.382 e. The molecule has 0 aliphatic carbocycles. The average molecular weight is 401 g/mol. The van der Waals surface area contributed by atoms with Crippen molar-refractivity contribution in [3.63, 3.8) is 0 Å². The summed E-state index contributed by atoms with van der Waals surface area (Å²) in [6, 6.07) is 9.29. The molecule has 1 aliphatic rings. The average Bonchev–Trinajstić information content (AvgIpc) is 3.00. The van der Waals surface area contributed by atoms with Crippen molar-refractivity contribution in [2.45, 2.75) is 31.8 Å². The van der Waals surface area contributed by atoms with E-state index < -0.39 is 5.60 Å². The van der Waals surface area contributed by atoms with Crippen molar-refractivity contribution in [2.24, 2.45) is 0 Å². The lowest BCUT2D eigenvalue weighted by atomic mass is 10.0. The Balaban J connectivity index is 1.77. The predicted molar refractivity (Wildman–Crippen MR) is 115 cm³/mol. The van der Waals surface area contributed by atoms with Gasteiger partial charge in [-0.25, -0.2) is 15.0 Å². The monoisotopic (exact) mass is 401 g/mol. The summed E-state index contributed by atoms with van der Waals surface area (Å²) in [6.07, 6.45) is 1.96. The first-order chi connectivity index (χ1) is 14.3. The summed E-state index contributed by atoms with van der Waals surface area (Å²) in [5, 5.41) is 11.4. The molecular formula is C23H23N5O2. The summed E-state index contributed by atoms with van der Waals surface area (Å²) >= 11 is 0. The topological polar surface area (TPSA) is 105 Å². The second-order valence-electron chi connectivity index (χ2n) is 7.85. The number of amides is 1. The number of carbonyl (C=O) groups is 1. The molecule has 0 spiro atoms. The van der Waals surface area contributed by atoms with Gasteiger partial charge in [0.2, 0.25) is 5.60 Å². The first-order valence-electron chi connectivity index (χ1n) is 9.82. The van der Waals surface area contributed by atoms with Gasteiger partial charge in [-0.1, -0.05) is 37.8 Å². The van der Waals surface area contributed by atoms with E-state index in [0.29, 0.717) is 35.7 Å². The second-order valence-corrected chi connectivity index (χ2v) is 7.85. The molecule has 1 aromatic carbocycles. The normalized spacial score (nSPS) is 18.7. The number of pyridine rings is 1. The SMILES string of the molecule is CC(C)c1nc(-c2cccc(C#CC3(O)CCN(C)C3=O)c2)nc2c(N)nccc12. The summed E-state index contributed by atoms with van der Waals surface area (Å²) in [5.41, 5.74) is 7.40. The smallest absolute Gasteiger partial charge is 0.267 e. The fourth-order valence-corrected chi connectivity index (χ4v) is 3.55. The van der Waals surface area contributed by atoms with Crippen molar-refractivity contribution < 1.29 is 9.90 Å². The van der Waals surface area contributed by atoms with E-state index in [1.807, 2.05) is 30.3 Å². The van der Waals surface area contributed by atoms with Crippen LogP contribution in [0.4, 0.5) is 5.82 Å². The van der Waals surface area contributed by atoms with Gasteiger partial charge in [-0.05, 0) is 24.1 Å². The molecule has 1 fully saturated rings. The van der Waals surface area contributed by atoms with E-state index in [4.69, 9.17) is 10.7 Å². The van der Waals surface area contributed by atoms with Gasteiger partial charge in [0.05, 0.1) is 5.69 Å². The van der Waals surface area contributed by atoms with Gasteiger partial charge in [0.1, 0.15) is 11.3 Å². The molecule has 1 amide bonds. The highest BCUT2D eigenvalue weighted by Crippen LogP contribution is 2.28. The van der Waals surface area contributed by atoms with Crippen LogP contribution in [0.2, 0.25) is 0 Å². The second kappa shape index (κ2) is 7.39. The molecule has 152 valence electrons. The first kappa shape index (κ1) is 19.8. The van der Waals surface area contributed by atoms with Crippen LogP contribution in [0, 0.1) is 11.8 Å². The molecular weight excluding hydrogens is 378 g/mol. The van der Waals surface area contributed by atoms with Crippen LogP contribution < -0.4 is 5.73 Å². The fraction of sp³-hybridized carbons (Fsp3) is 0.304. The highest BCUT2D eigenvalue weighted by Gasteiger charge is 2.42. The van der Waals surface area contributed by atoms with Crippen LogP contribution in [-0.4, -0.2) is 50.1 Å². The van der Waals surface area contributed by atoms with Crippen LogP contribution in [0.1, 0.15) is 37.4 Å². The zero-order valence-corrected chi connectivity index (χ0v) is 17.2. The molecule has 1 aliphatic heterocycles. The summed E-state index contributed by atoms with van der Waals surface area (Å²) in [7, 11) is 1.66. The Hall–Kier alpha value is -3.50. The highest BCUT2D eigenvalue weighted by molar-refractivity contribution is 5.91. The van der Waals surface area contributed by atoms with E-state index in [9.17, 15) is 9.90 Å². The summed E-state index contributed by atoms with van der Waals surface area (Å²) in [5.74, 6) is 6.38. The minimum absolute atomic E-state index is 0.179. The molecule has 3 N–H and O–H groups in total. The van der Waals surface area contributed by atoms with E-state index in [-0.39, 0.29) is 11.8 Å². The maximum Gasteiger partial charge on any atom is 0.267 e. The van der Waals surface area contributed by atoms with Gasteiger partial charge in [-0.3, -0.25) is 4.79 Å². The number of nitrogens with zero attached hydrogens (tertiary/aromatic N) is 4. The van der Waals surface area contributed by atoms with Gasteiger partial charge in [-0.2, -0.15) is 0 Å². The Bertz CT molecular complexity index is 1210. The molecule has 0 bridgehead atoms. The number of benzene rings is 1. The van der Waals surface area contributed by atoms with Crippen molar-refractivity contribution in [3.8, 4) is 23.2 Å². The third-order valence-corrected chi connectivity index (χ3v) is 5.26. The molecule has 30 heavy (non-hydrogen) atoms. The van der Waals surface area contributed by atoms with E-state index in [1.165, 1.54) is 4.90 Å². The zero-order chi connectivity index (χ0) is 21.5. The molecule has 1 unspecified atom stereocenters. The number of anilines is 1. The number of nitrogens with two attached hydrogens (primary N) is 1. The molecule has 7 nitrogen and oxygen atoms in total. The van der Waals surface area contributed by atoms with E-state index in [0.717, 1.165) is 16.6 Å². The minimum Gasteiger partial charge on any atom is -0.382 e. The number of hydrogen-bond donors (Lipinski definition) is 2. The standard InChI is InChI=1S/C23H23N5O2/c1-14(2)18-17-8-11-25-20(24)19(17)27-21(26-18)16-6-4-5-15(13-16)7-9-23(30)10-12-28(3)22(23)29/h4-6,8,11,13-14,30H,10,12H2,1-3H3,(H2,24,25). The number of likely N-dealkylation sites (N-methyl/N-ethyl adjacent to an activating group) is 1. The predicted octanol–water partition coefficient (Wildman–Crippen LogP) is 2.34. The van der Waals surface area contributed by atoms with Gasteiger partial charge < -0.3 is 15.7 Å². The molecule has 0 radical (unpaired) electrons. The number of aliphatic hydroxyl groups is 1. The van der Waals surface area contributed by atoms with Gasteiger partial charge >= 0.3 is 0 Å². The van der Waals surface area contributed by atoms with Crippen LogP contribution in [0.15, 0.2) is 36.5 Å². The summed E-state index contributed by atoms with van der Waals surface area (Å²) in [6.45, 7) is 4.63. The minimum atomic E-state index is -1.63. The maximum absolute atomic E-state index is 12.1. The molecule has 1 atom stereocenters. The summed E-state index contributed by atoms with van der Waals surface area (Å²) in [4.78, 5) is 27.2. The Labute approximate surface area is 175 Å². The summed E-state index contributed by atoms with van der Waals surface area (Å²) < 4.78 is 0. The van der Waals surface area contributed by atoms with Gasteiger partial charge in [0.25, 0.3) is 5.91 Å². The number of likely N-dealkylation sites (tertiary alicyclic amines) is 1. The Morgan fingerprint density at radius 3 is 2.77 bits per heavy atom. The molecule has 0 saturated carbocycles. The van der Waals surface area contributed by atoms with E-state index in [2.05, 4.69) is 35.7 Å². The molecule has 4 rings (SSSR count). The van der Waals surface area contributed by atoms with Crippen LogP contribution in [0.3, 0.4) is 0 Å². The molecule has 3 heterocycles. The third-order valence-electron chi connectivity index (χ3n) is 5.26. The molecule has 2 aromatic heterocycles. The van der Waals surface area contributed by atoms with Crippen LogP contribution in [0.25, 0.3) is 22.3 Å². The lowest BCUT2D eigenvalue weighted by Gasteiger charge is -2.13. The Morgan fingerprint density at radius 2 is 2.07 bits per heavy atom. The first-order valence-corrected chi connectivity index (χ1v) is 9.82. The molecule has 3 aromatic rings. The lowest BCUT2D eigenvalue weighted by molar-refractivity contribution is -0.137.